The summed E-state index contributed by atoms with van der Waals surface area (Å²) < 4.78 is -1.16. The molecule has 0 atom stereocenters. The van der Waals surface area contributed by atoms with Crippen LogP contribution in [-0.2, 0) is 4.33 Å². The minimum Gasteiger partial charge on any atom is -0.0899 e. The van der Waals surface area contributed by atoms with E-state index in [4.69, 9.17) is 23.2 Å². The van der Waals surface area contributed by atoms with Crippen LogP contribution < -0.4 is 0 Å². The van der Waals surface area contributed by atoms with Gasteiger partial charge in [0.15, 0.2) is 4.33 Å². The topological polar surface area (TPSA) is 0 Å². The van der Waals surface area contributed by atoms with Gasteiger partial charge in [-0.1, -0.05) is 65.8 Å². The first-order valence-electron chi connectivity index (χ1n) is 2.99. The van der Waals surface area contributed by atoms with Crippen molar-refractivity contribution in [2.75, 3.05) is 0 Å². The van der Waals surface area contributed by atoms with Gasteiger partial charge in [-0.3, -0.25) is 0 Å². The maximum atomic E-state index is 5.80. The van der Waals surface area contributed by atoms with Gasteiger partial charge in [-0.25, -0.2) is 0 Å². The fourth-order valence-corrected chi connectivity index (χ4v) is 1.08. The van der Waals surface area contributed by atoms with Crippen molar-refractivity contribution in [3.05, 3.63) is 35.9 Å². The van der Waals surface area contributed by atoms with E-state index in [2.05, 4.69) is 17.6 Å². The third-order valence-electron chi connectivity index (χ3n) is 1.26. The highest BCUT2D eigenvalue weighted by molar-refractivity contribution is 7.79. The standard InChI is InChI=1S/C8H5Cl2S/c9-8(10,6-11)7-4-2-1-3-5-7/h1-5H. The van der Waals surface area contributed by atoms with E-state index in [9.17, 15) is 0 Å². The summed E-state index contributed by atoms with van der Waals surface area (Å²) in [5.74, 6) is 0. The lowest BCUT2D eigenvalue weighted by Crippen LogP contribution is -2.09. The van der Waals surface area contributed by atoms with E-state index < -0.39 is 4.33 Å². The summed E-state index contributed by atoms with van der Waals surface area (Å²) in [7, 11) is 0. The van der Waals surface area contributed by atoms with Crippen LogP contribution in [0.5, 0.6) is 0 Å². The Bertz CT molecular complexity index is 244. The van der Waals surface area contributed by atoms with Crippen LogP contribution in [0.1, 0.15) is 5.56 Å². The average molecular weight is 204 g/mol. The first-order chi connectivity index (χ1) is 5.17. The molecular formula is C8H5Cl2S. The van der Waals surface area contributed by atoms with Crippen LogP contribution in [0.25, 0.3) is 0 Å². The molecule has 1 aromatic carbocycles. The zero-order valence-electron chi connectivity index (χ0n) is 5.55. The molecule has 1 aromatic rings. The Kier molecular flexibility index (Phi) is 2.88. The largest absolute Gasteiger partial charge is 0.179 e. The lowest BCUT2D eigenvalue weighted by Gasteiger charge is -2.11. The maximum absolute atomic E-state index is 5.80. The SMILES string of the molecule is S=[C]C(Cl)(Cl)c1ccccc1. The molecule has 0 aliphatic heterocycles. The molecule has 57 valence electrons. The maximum Gasteiger partial charge on any atom is 0.179 e. The zero-order chi connectivity index (χ0) is 8.32. The monoisotopic (exact) mass is 203 g/mol. The summed E-state index contributed by atoms with van der Waals surface area (Å²) >= 11 is 16.1. The first-order valence-corrected chi connectivity index (χ1v) is 4.16. The molecule has 0 aliphatic rings. The third kappa shape index (κ3) is 2.16. The van der Waals surface area contributed by atoms with Crippen LogP contribution in [0.3, 0.4) is 0 Å². The van der Waals surface area contributed by atoms with Crippen molar-refractivity contribution in [3.63, 3.8) is 0 Å². The fourth-order valence-electron chi connectivity index (χ4n) is 0.706. The lowest BCUT2D eigenvalue weighted by atomic mass is 10.2. The Hall–Kier alpha value is -0.110. The second kappa shape index (κ2) is 3.53. The van der Waals surface area contributed by atoms with Crippen LogP contribution in [0.4, 0.5) is 0 Å². The second-order valence-corrected chi connectivity index (χ2v) is 3.57. The summed E-state index contributed by atoms with van der Waals surface area (Å²) in [6, 6.07) is 9.19. The highest BCUT2D eigenvalue weighted by Crippen LogP contribution is 2.31. The predicted octanol–water partition coefficient (Wildman–Crippen LogP) is 3.19. The van der Waals surface area contributed by atoms with Gasteiger partial charge >= 0.3 is 0 Å². The Balaban J connectivity index is 3.02. The summed E-state index contributed by atoms with van der Waals surface area (Å²) in [4.78, 5) is 0. The lowest BCUT2D eigenvalue weighted by molar-refractivity contribution is 1.21. The van der Waals surface area contributed by atoms with Crippen LogP contribution in [-0.4, -0.2) is 5.37 Å². The van der Waals surface area contributed by atoms with E-state index >= 15 is 0 Å². The summed E-state index contributed by atoms with van der Waals surface area (Å²) in [6.45, 7) is 0. The van der Waals surface area contributed by atoms with E-state index in [1.54, 1.807) is 12.1 Å². The summed E-state index contributed by atoms with van der Waals surface area (Å²) in [5.41, 5.74) is 0.748. The summed E-state index contributed by atoms with van der Waals surface area (Å²) in [5, 5.41) is 2.37. The van der Waals surface area contributed by atoms with E-state index in [-0.39, 0.29) is 0 Å². The minimum atomic E-state index is -1.16. The Morgan fingerprint density at radius 1 is 1.18 bits per heavy atom. The molecule has 3 heteroatoms. The number of rotatable bonds is 2. The molecule has 0 N–H and O–H groups in total. The van der Waals surface area contributed by atoms with Crippen molar-refractivity contribution in [1.29, 1.82) is 0 Å². The van der Waals surface area contributed by atoms with Gasteiger partial charge in [-0.2, -0.15) is 0 Å². The Morgan fingerprint density at radius 2 is 1.73 bits per heavy atom. The van der Waals surface area contributed by atoms with Gasteiger partial charge in [-0.15, -0.1) is 0 Å². The smallest absolute Gasteiger partial charge is 0.0899 e. The molecular weight excluding hydrogens is 199 g/mol. The van der Waals surface area contributed by atoms with Gasteiger partial charge < -0.3 is 0 Å². The van der Waals surface area contributed by atoms with E-state index in [0.29, 0.717) is 0 Å². The fraction of sp³-hybridized carbons (Fsp3) is 0.125. The molecule has 11 heavy (non-hydrogen) atoms. The van der Waals surface area contributed by atoms with Crippen molar-refractivity contribution < 1.29 is 0 Å². The zero-order valence-corrected chi connectivity index (χ0v) is 7.88. The van der Waals surface area contributed by atoms with Crippen LogP contribution in [0.15, 0.2) is 30.3 Å². The molecule has 1 radical (unpaired) electrons. The van der Waals surface area contributed by atoms with Gasteiger partial charge in [-0.05, 0) is 5.56 Å². The number of alkyl halides is 2. The number of halogens is 2. The molecule has 0 unspecified atom stereocenters. The Morgan fingerprint density at radius 3 is 2.18 bits per heavy atom. The van der Waals surface area contributed by atoms with Crippen molar-refractivity contribution >= 4 is 40.8 Å². The quantitative estimate of drug-likeness (QED) is 0.526. The molecule has 0 saturated carbocycles. The molecule has 1 rings (SSSR count). The van der Waals surface area contributed by atoms with Gasteiger partial charge in [0.05, 0.1) is 5.37 Å². The van der Waals surface area contributed by atoms with Crippen molar-refractivity contribution in [3.8, 4) is 0 Å². The number of benzene rings is 1. The molecule has 0 aromatic heterocycles. The molecule has 0 heterocycles. The van der Waals surface area contributed by atoms with Gasteiger partial charge in [0.25, 0.3) is 0 Å². The van der Waals surface area contributed by atoms with Crippen molar-refractivity contribution in [1.82, 2.24) is 0 Å². The predicted molar refractivity (Wildman–Crippen MR) is 52.4 cm³/mol. The molecule has 0 amide bonds. The molecule has 0 bridgehead atoms. The van der Waals surface area contributed by atoms with Crippen LogP contribution >= 0.6 is 35.4 Å². The van der Waals surface area contributed by atoms with Gasteiger partial charge in [0, 0.05) is 0 Å². The molecule has 0 saturated heterocycles. The average Bonchev–Trinajstić information content (AvgIpc) is 2.06. The third-order valence-corrected chi connectivity index (χ3v) is 2.42. The minimum absolute atomic E-state index is 0.748. The number of hydrogen-bond acceptors (Lipinski definition) is 1. The highest BCUT2D eigenvalue weighted by atomic mass is 35.5. The van der Waals surface area contributed by atoms with Crippen molar-refractivity contribution in [2.45, 2.75) is 4.33 Å². The summed E-state index contributed by atoms with van der Waals surface area (Å²) in [6.07, 6.45) is 0. The number of thiocarbonyl (C=S) groups is 1. The van der Waals surface area contributed by atoms with E-state index in [1.807, 2.05) is 18.2 Å². The van der Waals surface area contributed by atoms with E-state index in [0.717, 1.165) is 5.56 Å². The highest BCUT2D eigenvalue weighted by Gasteiger charge is 2.22. The normalized spacial score (nSPS) is 11.1. The first kappa shape index (κ1) is 8.98. The molecule has 0 aliphatic carbocycles. The van der Waals surface area contributed by atoms with Gasteiger partial charge in [0.1, 0.15) is 0 Å². The van der Waals surface area contributed by atoms with Gasteiger partial charge in [0.2, 0.25) is 0 Å². The number of hydrogen-bond donors (Lipinski definition) is 0. The van der Waals surface area contributed by atoms with E-state index in [1.165, 1.54) is 0 Å². The molecule has 0 spiro atoms. The van der Waals surface area contributed by atoms with Crippen molar-refractivity contribution in [2.24, 2.45) is 0 Å². The molecule has 0 nitrogen and oxygen atoms in total. The van der Waals surface area contributed by atoms with Crippen LogP contribution in [0, 0.1) is 0 Å². The van der Waals surface area contributed by atoms with Crippen LogP contribution in [0.2, 0.25) is 0 Å². The second-order valence-electron chi connectivity index (χ2n) is 2.04. The molecule has 0 fully saturated rings. The Labute approximate surface area is 81.1 Å².